The summed E-state index contributed by atoms with van der Waals surface area (Å²) in [5.41, 5.74) is 0. The largest absolute Gasteiger partial charge is 0.457 e. The van der Waals surface area contributed by atoms with E-state index < -0.39 is 59.8 Å². The van der Waals surface area contributed by atoms with Crippen LogP contribution in [-0.2, 0) is 38.3 Å². The van der Waals surface area contributed by atoms with Crippen molar-refractivity contribution in [2.24, 2.45) is 0 Å². The first-order valence-corrected chi connectivity index (χ1v) is 26.4. The third kappa shape index (κ3) is 35.1. The quantitative estimate of drug-likeness (QED) is 0.0197. The summed E-state index contributed by atoms with van der Waals surface area (Å²) in [5, 5.41) is 30.7. The first-order valence-electron chi connectivity index (χ1n) is 25.0. The van der Waals surface area contributed by atoms with Gasteiger partial charge in [-0.1, -0.05) is 203 Å². The minimum atomic E-state index is -5.07. The van der Waals surface area contributed by atoms with Gasteiger partial charge in [-0.3, -0.25) is 9.35 Å². The van der Waals surface area contributed by atoms with Crippen molar-refractivity contribution in [3.63, 3.8) is 0 Å². The van der Waals surface area contributed by atoms with Crippen molar-refractivity contribution < 1.29 is 56.2 Å². The highest BCUT2D eigenvalue weighted by Crippen LogP contribution is 2.26. The van der Waals surface area contributed by atoms with Crippen LogP contribution >= 0.6 is 0 Å². The average molecular weight is 927 g/mol. The van der Waals surface area contributed by atoms with Gasteiger partial charge < -0.3 is 34.3 Å². The highest BCUT2D eigenvalue weighted by atomic mass is 32.3. The van der Waals surface area contributed by atoms with Crippen molar-refractivity contribution in [2.45, 2.75) is 230 Å². The molecule has 1 aliphatic rings. The second-order valence-corrected chi connectivity index (χ2v) is 18.1. The van der Waals surface area contributed by atoms with E-state index in [0.29, 0.717) is 19.4 Å². The second-order valence-electron chi connectivity index (χ2n) is 17.0. The summed E-state index contributed by atoms with van der Waals surface area (Å²) in [6.45, 7) is 3.67. The predicted molar refractivity (Wildman–Crippen MR) is 257 cm³/mol. The van der Waals surface area contributed by atoms with Crippen LogP contribution in [-0.4, -0.2) is 97.5 Å². The number of aliphatic hydroxyl groups excluding tert-OH is 3. The lowest BCUT2D eigenvalue weighted by atomic mass is 9.99. The Morgan fingerprint density at radius 1 is 0.609 bits per heavy atom. The Hall–Kier alpha value is -2.20. The van der Waals surface area contributed by atoms with Crippen molar-refractivity contribution in [2.75, 3.05) is 26.4 Å². The Balaban J connectivity index is 2.40. The van der Waals surface area contributed by atoms with Gasteiger partial charge in [-0.25, -0.2) is 4.18 Å². The van der Waals surface area contributed by atoms with Gasteiger partial charge in [-0.2, -0.15) is 8.42 Å². The molecule has 0 bridgehead atoms. The van der Waals surface area contributed by atoms with E-state index in [1.54, 1.807) is 0 Å². The monoisotopic (exact) mass is 927 g/mol. The molecule has 1 saturated heterocycles. The van der Waals surface area contributed by atoms with Crippen LogP contribution in [0.15, 0.2) is 60.8 Å². The molecule has 0 radical (unpaired) electrons. The number of allylic oxidation sites excluding steroid dienone is 9. The number of hydrogen-bond acceptors (Lipinski definition) is 11. The predicted octanol–water partition coefficient (Wildman–Crippen LogP) is 11.3. The van der Waals surface area contributed by atoms with Gasteiger partial charge in [0.1, 0.15) is 30.5 Å². The Morgan fingerprint density at radius 3 is 1.48 bits per heavy atom. The molecular formula is C51H90O12S. The van der Waals surface area contributed by atoms with Crippen LogP contribution in [0.1, 0.15) is 194 Å². The molecule has 1 heterocycles. The number of rotatable bonds is 43. The summed E-state index contributed by atoms with van der Waals surface area (Å²) < 4.78 is 59.1. The molecule has 12 nitrogen and oxygen atoms in total. The van der Waals surface area contributed by atoms with Crippen molar-refractivity contribution in [3.8, 4) is 0 Å². The molecule has 13 heteroatoms. The molecule has 372 valence electrons. The van der Waals surface area contributed by atoms with Crippen LogP contribution in [0.2, 0.25) is 0 Å². The summed E-state index contributed by atoms with van der Waals surface area (Å²) in [4.78, 5) is 12.9. The molecule has 4 N–H and O–H groups in total. The summed E-state index contributed by atoms with van der Waals surface area (Å²) in [7, 11) is -5.07. The van der Waals surface area contributed by atoms with Crippen LogP contribution in [0.3, 0.4) is 0 Å². The number of esters is 1. The molecular weight excluding hydrogens is 837 g/mol. The zero-order valence-corrected chi connectivity index (χ0v) is 40.6. The lowest BCUT2D eigenvalue weighted by molar-refractivity contribution is -0.301. The second kappa shape index (κ2) is 42.2. The fourth-order valence-electron chi connectivity index (χ4n) is 7.44. The molecule has 64 heavy (non-hydrogen) atoms. The van der Waals surface area contributed by atoms with Crippen molar-refractivity contribution in [1.29, 1.82) is 0 Å². The Bertz CT molecular complexity index is 1350. The van der Waals surface area contributed by atoms with Gasteiger partial charge in [0.2, 0.25) is 0 Å². The lowest BCUT2D eigenvalue weighted by Gasteiger charge is -2.41. The molecule has 1 aliphatic heterocycles. The summed E-state index contributed by atoms with van der Waals surface area (Å²) in [5.74, 6) is -0.422. The topological polar surface area (TPSA) is 178 Å². The van der Waals surface area contributed by atoms with Gasteiger partial charge in [-0.05, 0) is 44.9 Å². The van der Waals surface area contributed by atoms with Gasteiger partial charge in [-0.15, -0.1) is 0 Å². The van der Waals surface area contributed by atoms with Gasteiger partial charge in [0.25, 0.3) is 0 Å². The fraction of sp³-hybridized carbons (Fsp3) is 0.784. The van der Waals surface area contributed by atoms with E-state index in [9.17, 15) is 33.1 Å². The zero-order valence-electron chi connectivity index (χ0n) is 39.8. The third-order valence-electron chi connectivity index (χ3n) is 11.2. The number of ether oxygens (including phenoxy) is 4. The van der Waals surface area contributed by atoms with E-state index in [4.69, 9.17) is 18.9 Å². The van der Waals surface area contributed by atoms with Crippen LogP contribution in [0.4, 0.5) is 0 Å². The fourth-order valence-corrected chi connectivity index (χ4v) is 7.95. The molecule has 0 saturated carbocycles. The minimum Gasteiger partial charge on any atom is -0.457 e. The Kier molecular flexibility index (Phi) is 39.4. The third-order valence-corrected chi connectivity index (χ3v) is 11.6. The van der Waals surface area contributed by atoms with E-state index in [1.807, 2.05) is 6.08 Å². The van der Waals surface area contributed by atoms with Crippen LogP contribution < -0.4 is 0 Å². The maximum atomic E-state index is 12.9. The molecule has 0 aromatic rings. The number of unbranched alkanes of at least 4 members (excludes halogenated alkanes) is 20. The standard InChI is InChI=1S/C51H90O12S/c1-3-5-7-9-11-13-15-17-19-21-22-23-24-25-26-28-30-32-34-36-38-40-47(53)61-45(44-60-51-49(55)50(63-64(56,57)58)48(54)46(42-52)62-51)43-59-41-39-37-35-33-31-29-27-20-18-16-14-12-10-8-6-4-2/h6,8,12,14,18,20,29,31,35,37,45-46,48-52,54-55H,3-5,7,9-11,13,15-17,19,21-28,30,32-34,36,38-44H2,1-2H3,(H,56,57,58)/b8-6-,14-12-,20-18-,31-29-,37-35-. The SMILES string of the molecule is CC/C=C\C/C=C\C/C=C\C/C=C\C/C=C\CCOCC(COC1OC(CO)C(O)C(OS(=O)(=O)O)C1O)OC(=O)CCCCCCCCCCCCCCCCCCCCCCC. The smallest absolute Gasteiger partial charge is 0.397 e. The van der Waals surface area contributed by atoms with Crippen molar-refractivity contribution >= 4 is 16.4 Å². The lowest BCUT2D eigenvalue weighted by Crippen LogP contribution is -2.60. The molecule has 1 rings (SSSR count). The van der Waals surface area contributed by atoms with Gasteiger partial charge in [0, 0.05) is 6.42 Å². The maximum absolute atomic E-state index is 12.9. The zero-order chi connectivity index (χ0) is 46.8. The van der Waals surface area contributed by atoms with E-state index in [0.717, 1.165) is 51.4 Å². The van der Waals surface area contributed by atoms with Gasteiger partial charge >= 0.3 is 16.4 Å². The van der Waals surface area contributed by atoms with E-state index in [-0.39, 0.29) is 19.6 Å². The summed E-state index contributed by atoms with van der Waals surface area (Å²) >= 11 is 0. The maximum Gasteiger partial charge on any atom is 0.397 e. The Labute approximate surface area is 388 Å². The van der Waals surface area contributed by atoms with E-state index in [1.165, 1.54) is 109 Å². The molecule has 0 spiro atoms. The number of aliphatic hydroxyl groups is 3. The summed E-state index contributed by atoms with van der Waals surface area (Å²) in [6, 6.07) is 0. The van der Waals surface area contributed by atoms with Crippen LogP contribution in [0, 0.1) is 0 Å². The molecule has 1 fully saturated rings. The van der Waals surface area contributed by atoms with Crippen molar-refractivity contribution in [3.05, 3.63) is 60.8 Å². The minimum absolute atomic E-state index is 0.0183. The molecule has 0 aliphatic carbocycles. The molecule has 0 aromatic carbocycles. The number of hydrogen-bond donors (Lipinski definition) is 4. The molecule has 6 atom stereocenters. The average Bonchev–Trinajstić information content (AvgIpc) is 3.27. The van der Waals surface area contributed by atoms with Crippen molar-refractivity contribution in [1.82, 2.24) is 0 Å². The van der Waals surface area contributed by atoms with E-state index >= 15 is 0 Å². The number of carbonyl (C=O) groups is 1. The molecule has 0 amide bonds. The van der Waals surface area contributed by atoms with Crippen LogP contribution in [0.25, 0.3) is 0 Å². The first kappa shape index (κ1) is 59.8. The van der Waals surface area contributed by atoms with Gasteiger partial charge in [0.05, 0.1) is 26.4 Å². The van der Waals surface area contributed by atoms with Gasteiger partial charge in [0.15, 0.2) is 6.29 Å². The molecule has 6 unspecified atom stereocenters. The first-order chi connectivity index (χ1) is 31.1. The highest BCUT2D eigenvalue weighted by molar-refractivity contribution is 7.80. The van der Waals surface area contributed by atoms with Crippen LogP contribution in [0.5, 0.6) is 0 Å². The molecule has 0 aromatic heterocycles. The highest BCUT2D eigenvalue weighted by Gasteiger charge is 2.48. The number of carbonyl (C=O) groups excluding carboxylic acids is 1. The normalized spacial score (nSPS) is 20.2. The Morgan fingerprint density at radius 2 is 1.05 bits per heavy atom. The van der Waals surface area contributed by atoms with E-state index in [2.05, 4.69) is 72.7 Å². The summed E-state index contributed by atoms with van der Waals surface area (Å²) in [6.07, 6.45) is 44.2.